The second-order valence-electron chi connectivity index (χ2n) is 4.35. The highest BCUT2D eigenvalue weighted by molar-refractivity contribution is 6.30. The fourth-order valence-electron chi connectivity index (χ4n) is 1.71. The van der Waals surface area contributed by atoms with Crippen molar-refractivity contribution in [3.8, 4) is 0 Å². The molecule has 104 valence electrons. The average Bonchev–Trinajstić information content (AvgIpc) is 2.37. The molecule has 1 amide bonds. The van der Waals surface area contributed by atoms with Crippen molar-refractivity contribution in [3.63, 3.8) is 0 Å². The molecule has 0 saturated carbocycles. The molecule has 1 rings (SSSR count). The Kier molecular flexibility index (Phi) is 6.36. The molecule has 0 aliphatic rings. The van der Waals surface area contributed by atoms with Gasteiger partial charge in [0.05, 0.1) is 0 Å². The molecule has 1 aromatic carbocycles. The first-order valence-electron chi connectivity index (χ1n) is 6.32. The predicted octanol–water partition coefficient (Wildman–Crippen LogP) is 3.16. The number of carbonyl (C=O) groups is 2. The van der Waals surface area contributed by atoms with Crippen molar-refractivity contribution in [2.75, 3.05) is 0 Å². The fraction of sp³-hybridized carbons (Fsp3) is 0.429. The Morgan fingerprint density at radius 1 is 1.26 bits per heavy atom. The molecule has 1 atom stereocenters. The van der Waals surface area contributed by atoms with Crippen molar-refractivity contribution >= 4 is 23.5 Å². The maximum absolute atomic E-state index is 11.7. The number of hydrogen-bond acceptors (Lipinski definition) is 2. The van der Waals surface area contributed by atoms with E-state index in [2.05, 4.69) is 5.32 Å². The Balaban J connectivity index is 2.65. The van der Waals surface area contributed by atoms with E-state index < -0.39 is 12.0 Å². The van der Waals surface area contributed by atoms with E-state index in [1.165, 1.54) is 0 Å². The molecule has 0 bridgehead atoms. The molecule has 0 aliphatic heterocycles. The van der Waals surface area contributed by atoms with Crippen molar-refractivity contribution in [2.24, 2.45) is 0 Å². The summed E-state index contributed by atoms with van der Waals surface area (Å²) in [6.45, 7) is 2.05. The molecule has 0 spiro atoms. The van der Waals surface area contributed by atoms with E-state index in [1.54, 1.807) is 24.3 Å². The fourth-order valence-corrected chi connectivity index (χ4v) is 1.84. The summed E-state index contributed by atoms with van der Waals surface area (Å²) in [5, 5.41) is 12.2. The molecule has 4 nitrogen and oxygen atoms in total. The molecule has 1 aromatic rings. The summed E-state index contributed by atoms with van der Waals surface area (Å²) in [5.74, 6) is -1.32. The number of hydrogen-bond donors (Lipinski definition) is 2. The van der Waals surface area contributed by atoms with E-state index in [1.807, 2.05) is 6.92 Å². The molecule has 1 unspecified atom stereocenters. The number of nitrogens with one attached hydrogen (secondary N) is 1. The first-order chi connectivity index (χ1) is 9.04. The molecule has 0 aromatic heterocycles. The predicted molar refractivity (Wildman–Crippen MR) is 74.1 cm³/mol. The van der Waals surface area contributed by atoms with E-state index in [-0.39, 0.29) is 5.91 Å². The molecule has 5 heteroatoms. The van der Waals surface area contributed by atoms with Gasteiger partial charge in [0.1, 0.15) is 0 Å². The lowest BCUT2D eigenvalue weighted by molar-refractivity contribution is -0.142. The highest BCUT2D eigenvalue weighted by Crippen LogP contribution is 2.17. The standard InChI is InChI=1S/C14H18ClNO3/c1-2-3-4-5-12(17)16-13(14(18)19)10-6-8-11(15)9-7-10/h6-9,13H,2-5H2,1H3,(H,16,17)(H,18,19). The van der Waals surface area contributed by atoms with Gasteiger partial charge in [0.15, 0.2) is 6.04 Å². The SMILES string of the molecule is CCCCCC(=O)NC(C(=O)O)c1ccc(Cl)cc1. The van der Waals surface area contributed by atoms with Crippen LogP contribution in [0.25, 0.3) is 0 Å². The average molecular weight is 284 g/mol. The molecule has 19 heavy (non-hydrogen) atoms. The number of carboxylic acid groups (broad SMARTS) is 1. The van der Waals surface area contributed by atoms with Gasteiger partial charge in [-0.25, -0.2) is 4.79 Å². The number of amides is 1. The molecule has 0 heterocycles. The normalized spacial score (nSPS) is 11.9. The second-order valence-corrected chi connectivity index (χ2v) is 4.78. The van der Waals surface area contributed by atoms with E-state index in [0.29, 0.717) is 17.0 Å². The zero-order valence-electron chi connectivity index (χ0n) is 10.9. The Hall–Kier alpha value is -1.55. The lowest BCUT2D eigenvalue weighted by Gasteiger charge is -2.15. The molecule has 2 N–H and O–H groups in total. The lowest BCUT2D eigenvalue weighted by atomic mass is 10.1. The van der Waals surface area contributed by atoms with Crippen LogP contribution in [0.3, 0.4) is 0 Å². The third-order valence-corrected chi connectivity index (χ3v) is 3.01. The first kappa shape index (κ1) is 15.5. The van der Waals surface area contributed by atoms with Gasteiger partial charge in [-0.15, -0.1) is 0 Å². The van der Waals surface area contributed by atoms with Crippen LogP contribution in [0.1, 0.15) is 44.2 Å². The smallest absolute Gasteiger partial charge is 0.330 e. The summed E-state index contributed by atoms with van der Waals surface area (Å²) in [6.07, 6.45) is 3.11. The maximum Gasteiger partial charge on any atom is 0.330 e. The minimum Gasteiger partial charge on any atom is -0.479 e. The van der Waals surface area contributed by atoms with Gasteiger partial charge in [-0.2, -0.15) is 0 Å². The number of halogens is 1. The van der Waals surface area contributed by atoms with Gasteiger partial charge in [-0.05, 0) is 24.1 Å². The van der Waals surface area contributed by atoms with Crippen LogP contribution in [0.2, 0.25) is 5.02 Å². The minimum absolute atomic E-state index is 0.240. The molecule has 0 fully saturated rings. The van der Waals surface area contributed by atoms with Crippen LogP contribution in [-0.2, 0) is 9.59 Å². The topological polar surface area (TPSA) is 66.4 Å². The van der Waals surface area contributed by atoms with Crippen molar-refractivity contribution < 1.29 is 14.7 Å². The monoisotopic (exact) mass is 283 g/mol. The number of carboxylic acids is 1. The van der Waals surface area contributed by atoms with Crippen LogP contribution in [0.15, 0.2) is 24.3 Å². The first-order valence-corrected chi connectivity index (χ1v) is 6.70. The Labute approximate surface area is 117 Å². The third kappa shape index (κ3) is 5.30. The van der Waals surface area contributed by atoms with Gasteiger partial charge in [-0.3, -0.25) is 4.79 Å². The summed E-state index contributed by atoms with van der Waals surface area (Å²) in [5.41, 5.74) is 0.515. The van der Waals surface area contributed by atoms with Gasteiger partial charge in [0, 0.05) is 11.4 Å². The zero-order valence-corrected chi connectivity index (χ0v) is 11.6. The van der Waals surface area contributed by atoms with Crippen LogP contribution >= 0.6 is 11.6 Å². The highest BCUT2D eigenvalue weighted by atomic mass is 35.5. The third-order valence-electron chi connectivity index (χ3n) is 2.76. The zero-order chi connectivity index (χ0) is 14.3. The summed E-state index contributed by atoms with van der Waals surface area (Å²) in [4.78, 5) is 22.9. The van der Waals surface area contributed by atoms with Gasteiger partial charge in [-0.1, -0.05) is 43.5 Å². The minimum atomic E-state index is -1.08. The Morgan fingerprint density at radius 2 is 1.89 bits per heavy atom. The van der Waals surface area contributed by atoms with Gasteiger partial charge < -0.3 is 10.4 Å². The molecular weight excluding hydrogens is 266 g/mol. The van der Waals surface area contributed by atoms with Gasteiger partial charge in [0.2, 0.25) is 5.91 Å². The largest absolute Gasteiger partial charge is 0.479 e. The second kappa shape index (κ2) is 7.79. The van der Waals surface area contributed by atoms with Crippen LogP contribution < -0.4 is 5.32 Å². The molecular formula is C14H18ClNO3. The number of unbranched alkanes of at least 4 members (excludes halogenated alkanes) is 2. The van der Waals surface area contributed by atoms with Gasteiger partial charge >= 0.3 is 5.97 Å². The number of aliphatic carboxylic acids is 1. The van der Waals surface area contributed by atoms with Crippen molar-refractivity contribution in [1.29, 1.82) is 0 Å². The lowest BCUT2D eigenvalue weighted by Crippen LogP contribution is -2.33. The van der Waals surface area contributed by atoms with Crippen LogP contribution in [0, 0.1) is 0 Å². The van der Waals surface area contributed by atoms with E-state index in [0.717, 1.165) is 19.3 Å². The number of rotatable bonds is 7. The van der Waals surface area contributed by atoms with Crippen LogP contribution in [0.5, 0.6) is 0 Å². The molecule has 0 saturated heterocycles. The number of benzene rings is 1. The quantitative estimate of drug-likeness (QED) is 0.755. The van der Waals surface area contributed by atoms with E-state index >= 15 is 0 Å². The summed E-state index contributed by atoms with van der Waals surface area (Å²) in [6, 6.07) is 5.40. The highest BCUT2D eigenvalue weighted by Gasteiger charge is 2.21. The summed E-state index contributed by atoms with van der Waals surface area (Å²) in [7, 11) is 0. The van der Waals surface area contributed by atoms with Crippen molar-refractivity contribution in [2.45, 2.75) is 38.6 Å². The van der Waals surface area contributed by atoms with E-state index in [9.17, 15) is 9.59 Å². The molecule has 0 radical (unpaired) electrons. The molecule has 0 aliphatic carbocycles. The van der Waals surface area contributed by atoms with Crippen molar-refractivity contribution in [1.82, 2.24) is 5.32 Å². The summed E-state index contributed by atoms with van der Waals surface area (Å²) < 4.78 is 0. The Morgan fingerprint density at radius 3 is 2.42 bits per heavy atom. The van der Waals surface area contributed by atoms with Crippen LogP contribution in [-0.4, -0.2) is 17.0 Å². The summed E-state index contributed by atoms with van der Waals surface area (Å²) >= 11 is 5.75. The number of carbonyl (C=O) groups excluding carboxylic acids is 1. The maximum atomic E-state index is 11.7. The van der Waals surface area contributed by atoms with E-state index in [4.69, 9.17) is 16.7 Å². The van der Waals surface area contributed by atoms with Crippen LogP contribution in [0.4, 0.5) is 0 Å². The van der Waals surface area contributed by atoms with Gasteiger partial charge in [0.25, 0.3) is 0 Å². The Bertz CT molecular complexity index is 431. The van der Waals surface area contributed by atoms with Crippen molar-refractivity contribution in [3.05, 3.63) is 34.9 Å².